The Morgan fingerprint density at radius 3 is 2.50 bits per heavy atom. The largest absolute Gasteiger partial charge is 0.497 e. The average Bonchev–Trinajstić information content (AvgIpc) is 3.31. The Balaban J connectivity index is 1.71. The molecule has 7 nitrogen and oxygen atoms in total. The standard InChI is InChI=1S/C24H27NO6S/c1-29-20-11-9-18(10-12-20)16-25(17-21-8-5-13-30-21)24(26)22-23(19-6-3-2-4-7-19)32(27,28)15-14-31-22/h2-4,6-7,9-12,21H,5,8,13-17H2,1H3. The van der Waals surface area contributed by atoms with E-state index in [9.17, 15) is 13.2 Å². The van der Waals surface area contributed by atoms with Gasteiger partial charge in [0.2, 0.25) is 5.76 Å². The van der Waals surface area contributed by atoms with Crippen LogP contribution in [0.25, 0.3) is 4.91 Å². The highest BCUT2D eigenvalue weighted by Crippen LogP contribution is 2.31. The average molecular weight is 458 g/mol. The molecule has 0 saturated carbocycles. The van der Waals surface area contributed by atoms with E-state index in [4.69, 9.17) is 14.2 Å². The molecule has 32 heavy (non-hydrogen) atoms. The quantitative estimate of drug-likeness (QED) is 0.636. The molecule has 2 aliphatic heterocycles. The van der Waals surface area contributed by atoms with Gasteiger partial charge in [0.25, 0.3) is 5.91 Å². The van der Waals surface area contributed by atoms with Gasteiger partial charge in [-0.15, -0.1) is 0 Å². The number of nitrogens with zero attached hydrogens (tertiary/aromatic N) is 1. The van der Waals surface area contributed by atoms with Gasteiger partial charge >= 0.3 is 0 Å². The van der Waals surface area contributed by atoms with Crippen molar-refractivity contribution in [1.29, 1.82) is 0 Å². The molecule has 1 unspecified atom stereocenters. The van der Waals surface area contributed by atoms with Crippen LogP contribution in [0.5, 0.6) is 5.75 Å². The summed E-state index contributed by atoms with van der Waals surface area (Å²) in [7, 11) is -2.06. The van der Waals surface area contributed by atoms with Gasteiger partial charge in [-0.2, -0.15) is 0 Å². The molecule has 0 radical (unpaired) electrons. The summed E-state index contributed by atoms with van der Waals surface area (Å²) < 4.78 is 42.6. The molecule has 1 atom stereocenters. The number of sulfone groups is 1. The number of ether oxygens (including phenoxy) is 3. The predicted octanol–water partition coefficient (Wildman–Crippen LogP) is 3.02. The van der Waals surface area contributed by atoms with Crippen molar-refractivity contribution in [3.05, 3.63) is 71.5 Å². The summed E-state index contributed by atoms with van der Waals surface area (Å²) in [6.45, 7) is 1.28. The van der Waals surface area contributed by atoms with Crippen LogP contribution in [0.2, 0.25) is 0 Å². The minimum absolute atomic E-state index is 0.0404. The SMILES string of the molecule is COc1ccc(CN(CC2CCCO2)C(=O)C2=C(c3ccccc3)S(=O)(=O)CCO2)cc1. The Bertz CT molecular complexity index is 1070. The lowest BCUT2D eigenvalue weighted by atomic mass is 10.1. The Kier molecular flexibility index (Phi) is 6.81. The fourth-order valence-corrected chi connectivity index (χ4v) is 5.40. The summed E-state index contributed by atoms with van der Waals surface area (Å²) in [6.07, 6.45) is 1.71. The maximum absolute atomic E-state index is 13.7. The molecule has 1 amide bonds. The van der Waals surface area contributed by atoms with Gasteiger partial charge in [-0.25, -0.2) is 8.42 Å². The monoisotopic (exact) mass is 457 g/mol. The molecule has 2 aromatic rings. The Morgan fingerprint density at radius 2 is 1.84 bits per heavy atom. The smallest absolute Gasteiger partial charge is 0.290 e. The molecule has 2 aromatic carbocycles. The van der Waals surface area contributed by atoms with E-state index in [1.807, 2.05) is 24.3 Å². The maximum Gasteiger partial charge on any atom is 0.290 e. The van der Waals surface area contributed by atoms with Crippen molar-refractivity contribution in [2.45, 2.75) is 25.5 Å². The summed E-state index contributed by atoms with van der Waals surface area (Å²) in [6, 6.07) is 16.1. The molecule has 1 fully saturated rings. The number of benzene rings is 2. The minimum atomic E-state index is -3.65. The van der Waals surface area contributed by atoms with E-state index in [0.717, 1.165) is 24.2 Å². The van der Waals surface area contributed by atoms with Crippen molar-refractivity contribution in [3.63, 3.8) is 0 Å². The number of rotatable bonds is 7. The van der Waals surface area contributed by atoms with Crippen molar-refractivity contribution < 1.29 is 27.4 Å². The molecule has 2 heterocycles. The molecule has 0 aromatic heterocycles. The van der Waals surface area contributed by atoms with Crippen LogP contribution in [0.15, 0.2) is 60.4 Å². The first-order valence-electron chi connectivity index (χ1n) is 10.7. The fourth-order valence-electron chi connectivity index (χ4n) is 3.97. The van der Waals surface area contributed by atoms with Crippen molar-refractivity contribution >= 4 is 20.6 Å². The molecule has 0 spiro atoms. The third-order valence-electron chi connectivity index (χ3n) is 5.61. The zero-order valence-corrected chi connectivity index (χ0v) is 18.8. The number of carbonyl (C=O) groups is 1. The van der Waals surface area contributed by atoms with E-state index >= 15 is 0 Å². The first-order valence-corrected chi connectivity index (χ1v) is 12.3. The van der Waals surface area contributed by atoms with Crippen LogP contribution in [0, 0.1) is 0 Å². The van der Waals surface area contributed by atoms with Crippen LogP contribution >= 0.6 is 0 Å². The van der Waals surface area contributed by atoms with Gasteiger partial charge in [0.05, 0.1) is 19.0 Å². The third kappa shape index (κ3) is 4.97. The van der Waals surface area contributed by atoms with Crippen molar-refractivity contribution in [2.24, 2.45) is 0 Å². The summed E-state index contributed by atoms with van der Waals surface area (Å²) >= 11 is 0. The first kappa shape index (κ1) is 22.4. The van der Waals surface area contributed by atoms with Crippen molar-refractivity contribution in [1.82, 2.24) is 4.90 Å². The summed E-state index contributed by atoms with van der Waals surface area (Å²) in [5, 5.41) is 0. The van der Waals surface area contributed by atoms with Crippen LogP contribution in [0.4, 0.5) is 0 Å². The zero-order valence-electron chi connectivity index (χ0n) is 18.0. The van der Waals surface area contributed by atoms with E-state index in [-0.39, 0.29) is 29.1 Å². The lowest BCUT2D eigenvalue weighted by Gasteiger charge is -2.29. The predicted molar refractivity (Wildman–Crippen MR) is 120 cm³/mol. The first-order chi connectivity index (χ1) is 15.5. The Morgan fingerprint density at radius 1 is 1.09 bits per heavy atom. The molecule has 0 aliphatic carbocycles. The molecular weight excluding hydrogens is 430 g/mol. The van der Waals surface area contributed by atoms with Crippen LogP contribution < -0.4 is 4.74 Å². The second kappa shape index (κ2) is 9.75. The molecule has 8 heteroatoms. The second-order valence-corrected chi connectivity index (χ2v) is 9.91. The van der Waals surface area contributed by atoms with Gasteiger partial charge in [0.15, 0.2) is 9.84 Å². The number of carbonyl (C=O) groups excluding carboxylic acids is 1. The van der Waals surface area contributed by atoms with Crippen LogP contribution in [-0.2, 0) is 30.7 Å². The van der Waals surface area contributed by atoms with E-state index < -0.39 is 15.7 Å². The fraction of sp³-hybridized carbons (Fsp3) is 0.375. The van der Waals surface area contributed by atoms with E-state index in [0.29, 0.717) is 25.3 Å². The van der Waals surface area contributed by atoms with E-state index in [1.165, 1.54) is 0 Å². The van der Waals surface area contributed by atoms with Crippen LogP contribution in [0.3, 0.4) is 0 Å². The molecule has 4 rings (SSSR count). The molecule has 0 bridgehead atoms. The van der Waals surface area contributed by atoms with Gasteiger partial charge in [-0.05, 0) is 36.1 Å². The van der Waals surface area contributed by atoms with Gasteiger partial charge < -0.3 is 19.1 Å². The van der Waals surface area contributed by atoms with E-state index in [2.05, 4.69) is 0 Å². The summed E-state index contributed by atoms with van der Waals surface area (Å²) in [5.74, 6) is 0.00651. The maximum atomic E-state index is 13.7. The van der Waals surface area contributed by atoms with Gasteiger partial charge in [0.1, 0.15) is 17.3 Å². The van der Waals surface area contributed by atoms with Crippen LogP contribution in [0.1, 0.15) is 24.0 Å². The highest BCUT2D eigenvalue weighted by atomic mass is 32.2. The second-order valence-electron chi connectivity index (χ2n) is 7.86. The van der Waals surface area contributed by atoms with Crippen molar-refractivity contribution in [2.75, 3.05) is 32.6 Å². The van der Waals surface area contributed by atoms with Gasteiger partial charge in [0, 0.05) is 19.7 Å². The number of hydrogen-bond donors (Lipinski definition) is 0. The number of hydrogen-bond acceptors (Lipinski definition) is 6. The molecule has 2 aliphatic rings. The molecule has 170 valence electrons. The Labute approximate surface area is 188 Å². The number of methoxy groups -OCH3 is 1. The topological polar surface area (TPSA) is 82.1 Å². The minimum Gasteiger partial charge on any atom is -0.497 e. The number of amides is 1. The van der Waals surface area contributed by atoms with Crippen molar-refractivity contribution in [3.8, 4) is 5.75 Å². The summed E-state index contributed by atoms with van der Waals surface area (Å²) in [4.78, 5) is 15.3. The zero-order chi connectivity index (χ0) is 22.6. The lowest BCUT2D eigenvalue weighted by Crippen LogP contribution is -2.40. The normalized spacial score (nSPS) is 20.0. The highest BCUT2D eigenvalue weighted by molar-refractivity contribution is 8.00. The lowest BCUT2D eigenvalue weighted by molar-refractivity contribution is -0.133. The van der Waals surface area contributed by atoms with Gasteiger partial charge in [-0.1, -0.05) is 42.5 Å². The summed E-state index contributed by atoms with van der Waals surface area (Å²) in [5.41, 5.74) is 1.36. The molecule has 1 saturated heterocycles. The molecule has 0 N–H and O–H groups in total. The van der Waals surface area contributed by atoms with Crippen LogP contribution in [-0.4, -0.2) is 58.0 Å². The molecular formula is C24H27NO6S. The Hall–Kier alpha value is -2.84. The van der Waals surface area contributed by atoms with Gasteiger partial charge in [-0.3, -0.25) is 4.79 Å². The van der Waals surface area contributed by atoms with E-state index in [1.54, 1.807) is 42.3 Å². The highest BCUT2D eigenvalue weighted by Gasteiger charge is 2.36. The third-order valence-corrected chi connectivity index (χ3v) is 7.36.